The number of carbonyl (C=O) groups excluding carboxylic acids is 4. The Morgan fingerprint density at radius 2 is 1.89 bits per heavy atom. The number of carbonyl (C=O) groups is 5. The number of nitrogens with zero attached hydrogens (tertiary/aromatic N) is 1. The third-order valence-corrected chi connectivity index (χ3v) is 6.94. The summed E-state index contributed by atoms with van der Waals surface area (Å²) in [6.45, 7) is 0.872. The molecule has 1 saturated heterocycles. The molecule has 0 bridgehead atoms. The topological polar surface area (TPSA) is 205 Å². The maximum absolute atomic E-state index is 13.2. The van der Waals surface area contributed by atoms with Crippen LogP contribution in [0.25, 0.3) is 0 Å². The third kappa shape index (κ3) is 5.22. The molecule has 1 aromatic heterocycles. The molecule has 0 saturated carbocycles. The van der Waals surface area contributed by atoms with Gasteiger partial charge >= 0.3 is 23.6 Å². The zero-order chi connectivity index (χ0) is 27.6. The molecular weight excluding hydrogens is 524 g/mol. The van der Waals surface area contributed by atoms with Crippen LogP contribution >= 0.6 is 11.8 Å². The van der Waals surface area contributed by atoms with Gasteiger partial charge < -0.3 is 24.9 Å². The zero-order valence-electron chi connectivity index (χ0n) is 19.6. The van der Waals surface area contributed by atoms with Crippen LogP contribution in [0.5, 0.6) is 0 Å². The molecule has 38 heavy (non-hydrogen) atoms. The van der Waals surface area contributed by atoms with Crippen molar-refractivity contribution >= 4 is 41.5 Å². The lowest BCUT2D eigenvalue weighted by Gasteiger charge is -2.49. The summed E-state index contributed by atoms with van der Waals surface area (Å²) in [7, 11) is 0. The first-order chi connectivity index (χ1) is 18.1. The average Bonchev–Trinajstić information content (AvgIpc) is 2.88. The van der Waals surface area contributed by atoms with Gasteiger partial charge in [-0.05, 0) is 0 Å². The second-order valence-electron chi connectivity index (χ2n) is 8.12. The van der Waals surface area contributed by atoms with E-state index >= 15 is 0 Å². The van der Waals surface area contributed by atoms with Gasteiger partial charge in [0.05, 0.1) is 0 Å². The molecule has 2 aliphatic rings. The summed E-state index contributed by atoms with van der Waals surface area (Å²) in [5.41, 5.74) is -2.28. The molecule has 1 fully saturated rings. The molecular formula is C23H20N4O10S. The Balaban J connectivity index is 1.55. The van der Waals surface area contributed by atoms with E-state index in [2.05, 4.69) is 10.3 Å². The van der Waals surface area contributed by atoms with E-state index in [9.17, 15) is 38.7 Å². The van der Waals surface area contributed by atoms with Gasteiger partial charge in [0, 0.05) is 30.0 Å². The van der Waals surface area contributed by atoms with Crippen molar-refractivity contribution in [3.63, 3.8) is 0 Å². The molecule has 198 valence electrons. The fourth-order valence-corrected chi connectivity index (χ4v) is 5.17. The van der Waals surface area contributed by atoms with Gasteiger partial charge in [-0.15, -0.1) is 11.8 Å². The minimum atomic E-state index is -1.58. The Labute approximate surface area is 217 Å². The van der Waals surface area contributed by atoms with Gasteiger partial charge in [-0.25, -0.2) is 14.4 Å². The number of carboxylic acid groups (broad SMARTS) is 1. The van der Waals surface area contributed by atoms with Crippen LogP contribution in [0.1, 0.15) is 28.9 Å². The van der Waals surface area contributed by atoms with Gasteiger partial charge in [-0.3, -0.25) is 29.1 Å². The van der Waals surface area contributed by atoms with Crippen LogP contribution in [-0.4, -0.2) is 73.5 Å². The molecule has 15 heteroatoms. The first-order valence-electron chi connectivity index (χ1n) is 11.0. The summed E-state index contributed by atoms with van der Waals surface area (Å²) < 4.78 is 10.2. The number of hydrogen-bond acceptors (Lipinski definition) is 10. The smallest absolute Gasteiger partial charge is 0.352 e. The number of rotatable bonds is 8. The van der Waals surface area contributed by atoms with E-state index in [1.807, 2.05) is 4.98 Å². The second kappa shape index (κ2) is 10.8. The number of ether oxygens (including phenoxy) is 2. The molecule has 0 spiro atoms. The fraction of sp³-hybridized carbons (Fsp3) is 0.261. The summed E-state index contributed by atoms with van der Waals surface area (Å²) in [4.78, 5) is 90.1. The summed E-state index contributed by atoms with van der Waals surface area (Å²) in [6, 6.07) is 6.66. The molecule has 4 rings (SSSR count). The van der Waals surface area contributed by atoms with Crippen LogP contribution in [0.3, 0.4) is 0 Å². The summed E-state index contributed by atoms with van der Waals surface area (Å²) in [5.74, 6) is -4.69. The number of fused-ring (bicyclic) bond motifs is 1. The number of hydrogen-bond donors (Lipinski definition) is 4. The number of amides is 2. The Hall–Kier alpha value is -4.66. The molecule has 0 aliphatic carbocycles. The number of esters is 2. The Kier molecular flexibility index (Phi) is 7.47. The average molecular weight is 544 g/mol. The first-order valence-corrected chi connectivity index (χ1v) is 12.0. The van der Waals surface area contributed by atoms with Gasteiger partial charge in [0.2, 0.25) is 6.10 Å². The molecule has 1 aromatic carbocycles. The minimum absolute atomic E-state index is 0.127. The highest BCUT2D eigenvalue weighted by Crippen LogP contribution is 2.40. The molecule has 2 amide bonds. The van der Waals surface area contributed by atoms with E-state index < -0.39 is 64.1 Å². The molecule has 2 aromatic rings. The number of thioether (sulfide) groups is 1. The molecule has 1 unspecified atom stereocenters. The predicted molar refractivity (Wildman–Crippen MR) is 129 cm³/mol. The number of aromatic nitrogens is 2. The highest BCUT2D eigenvalue weighted by atomic mass is 32.2. The normalized spacial score (nSPS) is 19.1. The number of benzene rings is 1. The maximum Gasteiger partial charge on any atom is 0.352 e. The van der Waals surface area contributed by atoms with Crippen molar-refractivity contribution < 1.29 is 38.6 Å². The van der Waals surface area contributed by atoms with Crippen molar-refractivity contribution in [2.45, 2.75) is 24.4 Å². The second-order valence-corrected chi connectivity index (χ2v) is 9.22. The van der Waals surface area contributed by atoms with Gasteiger partial charge in [-0.1, -0.05) is 30.3 Å². The van der Waals surface area contributed by atoms with E-state index in [0.717, 1.165) is 22.9 Å². The van der Waals surface area contributed by atoms with Crippen LogP contribution in [0.2, 0.25) is 0 Å². The van der Waals surface area contributed by atoms with E-state index in [1.165, 1.54) is 19.1 Å². The van der Waals surface area contributed by atoms with Gasteiger partial charge in [0.1, 0.15) is 29.3 Å². The number of H-pyrrole nitrogens is 2. The molecule has 0 radical (unpaired) electrons. The monoisotopic (exact) mass is 544 g/mol. The molecule has 4 N–H and O–H groups in total. The SMILES string of the molecule is CC(=O)OCC1=C(C(=O)O)N2C(=O)[C@H](NC(=O)C(OC(=O)c3c[nH]c(=O)[nH]c3=O)c3ccccc3)[C@H]2SC1. The lowest BCUT2D eigenvalue weighted by molar-refractivity contribution is -0.152. The fourth-order valence-electron chi connectivity index (χ4n) is 3.84. The molecule has 3 atom stereocenters. The molecule has 14 nitrogen and oxygen atoms in total. The van der Waals surface area contributed by atoms with Crippen molar-refractivity contribution in [1.29, 1.82) is 0 Å². The van der Waals surface area contributed by atoms with Gasteiger partial charge in [0.15, 0.2) is 0 Å². The van der Waals surface area contributed by atoms with Crippen LogP contribution in [0.15, 0.2) is 57.4 Å². The van der Waals surface area contributed by atoms with Crippen LogP contribution in [0, 0.1) is 0 Å². The minimum Gasteiger partial charge on any atom is -0.477 e. The van der Waals surface area contributed by atoms with Crippen LogP contribution in [0.4, 0.5) is 0 Å². The van der Waals surface area contributed by atoms with Gasteiger partial charge in [0.25, 0.3) is 17.4 Å². The van der Waals surface area contributed by atoms with E-state index in [-0.39, 0.29) is 29.2 Å². The highest BCUT2D eigenvalue weighted by molar-refractivity contribution is 8.00. The zero-order valence-corrected chi connectivity index (χ0v) is 20.4. The van der Waals surface area contributed by atoms with E-state index in [1.54, 1.807) is 18.2 Å². The van der Waals surface area contributed by atoms with Crippen molar-refractivity contribution in [3.8, 4) is 0 Å². The van der Waals surface area contributed by atoms with Gasteiger partial charge in [-0.2, -0.15) is 0 Å². The summed E-state index contributed by atoms with van der Waals surface area (Å²) in [5, 5.41) is 11.4. The standard InChI is InChI=1S/C23H20N4O10S/c1-10(28)36-8-12-9-38-20-14(19(31)27(20)15(12)21(32)33)25-18(30)16(11-5-3-2-4-6-11)37-22(34)13-7-24-23(35)26-17(13)29/h2-7,14,16,20H,8-9H2,1H3,(H,25,30)(H,32,33)(H2,24,26,29,35)/t14-,16?,20+/m0/s1. The maximum atomic E-state index is 13.2. The number of β-lactam (4-membered cyclic amide) rings is 1. The van der Waals surface area contributed by atoms with Crippen LogP contribution < -0.4 is 16.6 Å². The highest BCUT2D eigenvalue weighted by Gasteiger charge is 2.54. The van der Waals surface area contributed by atoms with Crippen molar-refractivity contribution in [3.05, 3.63) is 79.8 Å². The molecule has 2 aliphatic heterocycles. The quantitative estimate of drug-likeness (QED) is 0.241. The Bertz CT molecular complexity index is 1460. The number of nitrogens with one attached hydrogen (secondary N) is 3. The third-order valence-electron chi connectivity index (χ3n) is 5.60. The van der Waals surface area contributed by atoms with E-state index in [0.29, 0.717) is 0 Å². The number of aliphatic carboxylic acids is 1. The lowest BCUT2D eigenvalue weighted by Crippen LogP contribution is -2.71. The summed E-state index contributed by atoms with van der Waals surface area (Å²) >= 11 is 1.16. The lowest BCUT2D eigenvalue weighted by atomic mass is 10.0. The predicted octanol–water partition coefficient (Wildman–Crippen LogP) is -0.737. The van der Waals surface area contributed by atoms with Crippen molar-refractivity contribution in [1.82, 2.24) is 20.2 Å². The number of carboxylic acids is 1. The van der Waals surface area contributed by atoms with Crippen molar-refractivity contribution in [2.24, 2.45) is 0 Å². The van der Waals surface area contributed by atoms with E-state index in [4.69, 9.17) is 9.47 Å². The molecule has 3 heterocycles. The summed E-state index contributed by atoms with van der Waals surface area (Å²) in [6.07, 6.45) is -0.734. The first kappa shape index (κ1) is 26.4. The van der Waals surface area contributed by atoms with Crippen LogP contribution in [-0.2, 0) is 28.7 Å². The Morgan fingerprint density at radius 1 is 1.18 bits per heavy atom. The number of aromatic amines is 2. The largest absolute Gasteiger partial charge is 0.477 e. The van der Waals surface area contributed by atoms with Crippen molar-refractivity contribution in [2.75, 3.05) is 12.4 Å². The Morgan fingerprint density at radius 3 is 2.53 bits per heavy atom.